The van der Waals surface area contributed by atoms with Crippen LogP contribution in [-0.2, 0) is 4.74 Å². The molecular weight excluding hydrogens is 266 g/mol. The monoisotopic (exact) mass is 283 g/mol. The molecule has 0 amide bonds. The minimum atomic E-state index is -0.974. The van der Waals surface area contributed by atoms with Crippen LogP contribution < -0.4 is 5.32 Å². The molecule has 1 fully saturated rings. The molecule has 1 aromatic carbocycles. The van der Waals surface area contributed by atoms with E-state index < -0.39 is 5.97 Å². The minimum Gasteiger partial charge on any atom is -0.478 e. The molecule has 1 aliphatic rings. The van der Waals surface area contributed by atoms with Gasteiger partial charge in [0.15, 0.2) is 0 Å². The summed E-state index contributed by atoms with van der Waals surface area (Å²) >= 11 is 6.01. The highest BCUT2D eigenvalue weighted by Gasteiger charge is 2.14. The fourth-order valence-electron chi connectivity index (χ4n) is 2.26. The van der Waals surface area contributed by atoms with Gasteiger partial charge in [-0.25, -0.2) is 4.79 Å². The average molecular weight is 284 g/mol. The highest BCUT2D eigenvalue weighted by Crippen LogP contribution is 2.23. The van der Waals surface area contributed by atoms with Crippen LogP contribution in [0.1, 0.15) is 36.0 Å². The molecule has 0 bridgehead atoms. The van der Waals surface area contributed by atoms with E-state index >= 15 is 0 Å². The Kier molecular flexibility index (Phi) is 5.05. The standard InChI is InChI=1S/C14H18ClNO3/c15-12-9-10(14(17)18)5-6-13(12)16-7-8-19-11-3-1-2-4-11/h5-6,9,11,16H,1-4,7-8H2,(H,17,18). The smallest absolute Gasteiger partial charge is 0.335 e. The van der Waals surface area contributed by atoms with Crippen molar-refractivity contribution < 1.29 is 14.6 Å². The number of benzene rings is 1. The molecule has 0 spiro atoms. The lowest BCUT2D eigenvalue weighted by Gasteiger charge is -2.13. The Hall–Kier alpha value is -1.26. The van der Waals surface area contributed by atoms with Gasteiger partial charge in [-0.05, 0) is 31.0 Å². The van der Waals surface area contributed by atoms with Crippen molar-refractivity contribution in [2.45, 2.75) is 31.8 Å². The lowest BCUT2D eigenvalue weighted by Crippen LogP contribution is -2.15. The molecule has 0 radical (unpaired) electrons. The maximum Gasteiger partial charge on any atom is 0.335 e. The summed E-state index contributed by atoms with van der Waals surface area (Å²) in [5.74, 6) is -0.974. The van der Waals surface area contributed by atoms with Gasteiger partial charge >= 0.3 is 5.97 Å². The molecule has 4 nitrogen and oxygen atoms in total. The number of ether oxygens (including phenoxy) is 1. The topological polar surface area (TPSA) is 58.6 Å². The molecule has 0 heterocycles. The first-order valence-electron chi connectivity index (χ1n) is 6.55. The Labute approximate surface area is 117 Å². The number of halogens is 1. The molecule has 104 valence electrons. The third-order valence-electron chi connectivity index (χ3n) is 3.29. The Morgan fingerprint density at radius 3 is 2.79 bits per heavy atom. The Bertz CT molecular complexity index is 444. The average Bonchev–Trinajstić information content (AvgIpc) is 2.89. The molecule has 19 heavy (non-hydrogen) atoms. The molecule has 2 N–H and O–H groups in total. The lowest BCUT2D eigenvalue weighted by molar-refractivity contribution is 0.0658. The molecule has 2 rings (SSSR count). The third kappa shape index (κ3) is 4.11. The van der Waals surface area contributed by atoms with Crippen LogP contribution in [0.4, 0.5) is 5.69 Å². The molecule has 1 aliphatic carbocycles. The number of carboxylic acid groups (broad SMARTS) is 1. The normalized spacial score (nSPS) is 15.6. The molecule has 0 atom stereocenters. The van der Waals surface area contributed by atoms with Crippen LogP contribution in [0, 0.1) is 0 Å². The zero-order valence-electron chi connectivity index (χ0n) is 10.7. The number of aromatic carboxylic acids is 1. The van der Waals surface area contributed by atoms with Crippen molar-refractivity contribution >= 4 is 23.3 Å². The molecule has 0 aromatic heterocycles. The Balaban J connectivity index is 1.77. The van der Waals surface area contributed by atoms with E-state index in [4.69, 9.17) is 21.4 Å². The van der Waals surface area contributed by atoms with Gasteiger partial charge in [-0.2, -0.15) is 0 Å². The first kappa shape index (κ1) is 14.2. The van der Waals surface area contributed by atoms with Crippen LogP contribution in [0.5, 0.6) is 0 Å². The number of hydrogen-bond donors (Lipinski definition) is 2. The van der Waals surface area contributed by atoms with Crippen molar-refractivity contribution in [1.82, 2.24) is 0 Å². The summed E-state index contributed by atoms with van der Waals surface area (Å²) in [6, 6.07) is 4.67. The second-order valence-electron chi connectivity index (χ2n) is 4.70. The first-order valence-corrected chi connectivity index (χ1v) is 6.93. The zero-order chi connectivity index (χ0) is 13.7. The highest BCUT2D eigenvalue weighted by molar-refractivity contribution is 6.33. The van der Waals surface area contributed by atoms with Crippen molar-refractivity contribution in [2.24, 2.45) is 0 Å². The fourth-order valence-corrected chi connectivity index (χ4v) is 2.51. The van der Waals surface area contributed by atoms with Gasteiger partial charge < -0.3 is 15.2 Å². The predicted molar refractivity (Wildman–Crippen MR) is 75.1 cm³/mol. The summed E-state index contributed by atoms with van der Waals surface area (Å²) in [4.78, 5) is 10.8. The molecule has 0 aliphatic heterocycles. The molecule has 5 heteroatoms. The molecular formula is C14H18ClNO3. The van der Waals surface area contributed by atoms with Gasteiger partial charge in [-0.15, -0.1) is 0 Å². The summed E-state index contributed by atoms with van der Waals surface area (Å²) in [5.41, 5.74) is 0.930. The largest absolute Gasteiger partial charge is 0.478 e. The minimum absolute atomic E-state index is 0.192. The number of hydrogen-bond acceptors (Lipinski definition) is 3. The van der Waals surface area contributed by atoms with Crippen LogP contribution in [0.2, 0.25) is 5.02 Å². The predicted octanol–water partition coefficient (Wildman–Crippen LogP) is 3.41. The summed E-state index contributed by atoms with van der Waals surface area (Å²) in [6.07, 6.45) is 5.26. The van der Waals surface area contributed by atoms with Crippen molar-refractivity contribution in [3.05, 3.63) is 28.8 Å². The maximum absolute atomic E-state index is 10.8. The molecule has 1 aromatic rings. The highest BCUT2D eigenvalue weighted by atomic mass is 35.5. The summed E-state index contributed by atoms with van der Waals surface area (Å²) in [6.45, 7) is 1.31. The quantitative estimate of drug-likeness (QED) is 0.786. The lowest BCUT2D eigenvalue weighted by atomic mass is 10.2. The van der Waals surface area contributed by atoms with E-state index in [1.54, 1.807) is 6.07 Å². The number of rotatable bonds is 6. The number of nitrogens with one attached hydrogen (secondary N) is 1. The first-order chi connectivity index (χ1) is 9.16. The van der Waals surface area contributed by atoms with Gasteiger partial charge in [0, 0.05) is 6.54 Å². The molecule has 0 saturated heterocycles. The van der Waals surface area contributed by atoms with Gasteiger partial charge in [-0.1, -0.05) is 24.4 Å². The third-order valence-corrected chi connectivity index (χ3v) is 3.60. The van der Waals surface area contributed by atoms with Crippen molar-refractivity contribution in [2.75, 3.05) is 18.5 Å². The maximum atomic E-state index is 10.8. The molecule has 1 saturated carbocycles. The van der Waals surface area contributed by atoms with E-state index in [0.717, 1.165) is 18.5 Å². The second-order valence-corrected chi connectivity index (χ2v) is 5.11. The van der Waals surface area contributed by atoms with Gasteiger partial charge in [0.05, 0.1) is 29.0 Å². The number of carbonyl (C=O) groups is 1. The number of carboxylic acids is 1. The van der Waals surface area contributed by atoms with E-state index in [9.17, 15) is 4.79 Å². The van der Waals surface area contributed by atoms with E-state index in [1.165, 1.54) is 25.0 Å². The molecule has 0 unspecified atom stereocenters. The van der Waals surface area contributed by atoms with E-state index in [0.29, 0.717) is 24.3 Å². The van der Waals surface area contributed by atoms with Gasteiger partial charge in [0.25, 0.3) is 0 Å². The van der Waals surface area contributed by atoms with Crippen LogP contribution in [0.3, 0.4) is 0 Å². The van der Waals surface area contributed by atoms with Gasteiger partial charge in [0.2, 0.25) is 0 Å². The van der Waals surface area contributed by atoms with E-state index in [1.807, 2.05) is 0 Å². The summed E-state index contributed by atoms with van der Waals surface area (Å²) in [7, 11) is 0. The van der Waals surface area contributed by atoms with Crippen molar-refractivity contribution in [3.63, 3.8) is 0 Å². The SMILES string of the molecule is O=C(O)c1ccc(NCCOC2CCCC2)c(Cl)c1. The van der Waals surface area contributed by atoms with Crippen molar-refractivity contribution in [1.29, 1.82) is 0 Å². The van der Waals surface area contributed by atoms with E-state index in [-0.39, 0.29) is 5.56 Å². The van der Waals surface area contributed by atoms with Crippen LogP contribution >= 0.6 is 11.6 Å². The van der Waals surface area contributed by atoms with Crippen LogP contribution in [0.25, 0.3) is 0 Å². The van der Waals surface area contributed by atoms with Gasteiger partial charge in [-0.3, -0.25) is 0 Å². The fraction of sp³-hybridized carbons (Fsp3) is 0.500. The van der Waals surface area contributed by atoms with Crippen molar-refractivity contribution in [3.8, 4) is 0 Å². The zero-order valence-corrected chi connectivity index (χ0v) is 11.4. The second kappa shape index (κ2) is 6.78. The number of anilines is 1. The Morgan fingerprint density at radius 2 is 2.16 bits per heavy atom. The van der Waals surface area contributed by atoms with Crippen LogP contribution in [-0.4, -0.2) is 30.3 Å². The Morgan fingerprint density at radius 1 is 1.42 bits per heavy atom. The van der Waals surface area contributed by atoms with Crippen LogP contribution in [0.15, 0.2) is 18.2 Å². The summed E-state index contributed by atoms with van der Waals surface area (Å²) < 4.78 is 5.73. The van der Waals surface area contributed by atoms with Gasteiger partial charge in [0.1, 0.15) is 0 Å². The van der Waals surface area contributed by atoms with E-state index in [2.05, 4.69) is 5.32 Å². The summed E-state index contributed by atoms with van der Waals surface area (Å²) in [5, 5.41) is 12.4.